The van der Waals surface area contributed by atoms with Gasteiger partial charge in [-0.3, -0.25) is 14.8 Å². The summed E-state index contributed by atoms with van der Waals surface area (Å²) in [5.41, 5.74) is 7.85. The lowest BCUT2D eigenvalue weighted by Crippen LogP contribution is -2.36. The van der Waals surface area contributed by atoms with Crippen LogP contribution >= 0.6 is 0 Å². The Morgan fingerprint density at radius 1 is 1.03 bits per heavy atom. The molecule has 2 aromatic carbocycles. The molecule has 0 unspecified atom stereocenters. The van der Waals surface area contributed by atoms with Crippen molar-refractivity contribution in [1.29, 1.82) is 0 Å². The molecule has 162 valence electrons. The van der Waals surface area contributed by atoms with Crippen LogP contribution in [0.4, 0.5) is 5.69 Å². The molecule has 3 rings (SSSR count). The molecule has 0 radical (unpaired) electrons. The number of guanidine groups is 1. The first-order chi connectivity index (χ1) is 14.8. The summed E-state index contributed by atoms with van der Waals surface area (Å²) < 4.78 is 1.98. The summed E-state index contributed by atoms with van der Waals surface area (Å²) in [7, 11) is 0. The molecule has 6 nitrogen and oxygen atoms in total. The average molecular weight is 418 g/mol. The third kappa shape index (κ3) is 5.40. The van der Waals surface area contributed by atoms with E-state index in [-0.39, 0.29) is 5.91 Å². The Labute approximate surface area is 184 Å². The van der Waals surface area contributed by atoms with Gasteiger partial charge in [0, 0.05) is 29.1 Å². The van der Waals surface area contributed by atoms with E-state index in [9.17, 15) is 4.79 Å². The van der Waals surface area contributed by atoms with Crippen molar-refractivity contribution >= 4 is 17.6 Å². The summed E-state index contributed by atoms with van der Waals surface area (Å²) in [6.45, 7) is 13.4. The first-order valence-corrected chi connectivity index (χ1v) is 10.6. The van der Waals surface area contributed by atoms with E-state index in [2.05, 4.69) is 35.6 Å². The maximum Gasteiger partial charge on any atom is 0.258 e. The monoisotopic (exact) mass is 417 g/mol. The Morgan fingerprint density at radius 3 is 2.32 bits per heavy atom. The molecular formula is C25H31N5O. The molecule has 0 saturated heterocycles. The van der Waals surface area contributed by atoms with Gasteiger partial charge in [-0.25, -0.2) is 4.99 Å². The molecule has 0 aliphatic heterocycles. The first kappa shape index (κ1) is 22.3. The van der Waals surface area contributed by atoms with Crippen molar-refractivity contribution in [2.45, 2.75) is 54.6 Å². The van der Waals surface area contributed by atoms with Crippen LogP contribution in [0.2, 0.25) is 0 Å². The highest BCUT2D eigenvalue weighted by Gasteiger charge is 2.14. The summed E-state index contributed by atoms with van der Waals surface area (Å²) in [5, 5.41) is 10.8. The van der Waals surface area contributed by atoms with Crippen molar-refractivity contribution in [3.63, 3.8) is 0 Å². The lowest BCUT2D eigenvalue weighted by Gasteiger charge is -2.14. The highest BCUT2D eigenvalue weighted by Crippen LogP contribution is 2.16. The van der Waals surface area contributed by atoms with Crippen LogP contribution in [-0.2, 0) is 13.1 Å². The molecule has 0 saturated carbocycles. The molecule has 0 bridgehead atoms. The number of carbonyl (C=O) groups is 1. The third-order valence-corrected chi connectivity index (χ3v) is 5.33. The number of nitrogens with one attached hydrogen (secondary N) is 2. The van der Waals surface area contributed by atoms with Crippen molar-refractivity contribution in [2.24, 2.45) is 4.99 Å². The van der Waals surface area contributed by atoms with Gasteiger partial charge in [0.1, 0.15) is 0 Å². The quantitative estimate of drug-likeness (QED) is 0.461. The van der Waals surface area contributed by atoms with Gasteiger partial charge in [0.2, 0.25) is 5.96 Å². The van der Waals surface area contributed by atoms with Gasteiger partial charge in [-0.2, -0.15) is 5.10 Å². The van der Waals surface area contributed by atoms with Crippen molar-refractivity contribution in [3.05, 3.63) is 81.7 Å². The van der Waals surface area contributed by atoms with Gasteiger partial charge < -0.3 is 5.32 Å². The van der Waals surface area contributed by atoms with E-state index in [1.165, 1.54) is 0 Å². The molecule has 0 fully saturated rings. The van der Waals surface area contributed by atoms with Gasteiger partial charge in [-0.05, 0) is 76.4 Å². The van der Waals surface area contributed by atoms with Gasteiger partial charge in [0.25, 0.3) is 5.91 Å². The number of nitrogens with zero attached hydrogens (tertiary/aromatic N) is 3. The van der Waals surface area contributed by atoms with E-state index in [1.807, 2.05) is 68.8 Å². The van der Waals surface area contributed by atoms with Gasteiger partial charge >= 0.3 is 0 Å². The van der Waals surface area contributed by atoms with E-state index in [0.29, 0.717) is 18.1 Å². The molecule has 0 atom stereocenters. The molecule has 6 heteroatoms. The van der Waals surface area contributed by atoms with Crippen LogP contribution in [0.1, 0.15) is 50.9 Å². The molecule has 2 N–H and O–H groups in total. The second-order valence-corrected chi connectivity index (χ2v) is 7.90. The minimum absolute atomic E-state index is 0.188. The van der Waals surface area contributed by atoms with E-state index < -0.39 is 0 Å². The minimum atomic E-state index is -0.188. The zero-order chi connectivity index (χ0) is 22.5. The summed E-state index contributed by atoms with van der Waals surface area (Å²) in [5.74, 6) is 0.229. The summed E-state index contributed by atoms with van der Waals surface area (Å²) in [4.78, 5) is 17.7. The molecule has 3 aromatic rings. The van der Waals surface area contributed by atoms with Gasteiger partial charge in [-0.1, -0.05) is 24.3 Å². The van der Waals surface area contributed by atoms with Crippen LogP contribution in [0.5, 0.6) is 0 Å². The van der Waals surface area contributed by atoms with Crippen LogP contribution in [0, 0.1) is 34.6 Å². The molecule has 1 aromatic heterocycles. The summed E-state index contributed by atoms with van der Waals surface area (Å²) >= 11 is 0. The number of rotatable bonds is 5. The fourth-order valence-electron chi connectivity index (χ4n) is 3.73. The lowest BCUT2D eigenvalue weighted by molar-refractivity contribution is 0.0976. The molecule has 31 heavy (non-hydrogen) atoms. The van der Waals surface area contributed by atoms with Crippen molar-refractivity contribution < 1.29 is 4.79 Å². The van der Waals surface area contributed by atoms with Crippen LogP contribution in [0.25, 0.3) is 0 Å². The van der Waals surface area contributed by atoms with Crippen LogP contribution in [-0.4, -0.2) is 21.6 Å². The van der Waals surface area contributed by atoms with Gasteiger partial charge in [0.15, 0.2) is 0 Å². The van der Waals surface area contributed by atoms with Crippen LogP contribution in [0.15, 0.2) is 47.5 Å². The number of aryl methyl sites for hydroxylation is 5. The maximum atomic E-state index is 12.9. The Hall–Kier alpha value is -3.41. The van der Waals surface area contributed by atoms with E-state index in [4.69, 9.17) is 4.99 Å². The Morgan fingerprint density at radius 2 is 1.71 bits per heavy atom. The third-order valence-electron chi connectivity index (χ3n) is 5.33. The smallest absolute Gasteiger partial charge is 0.258 e. The number of hydrogen-bond acceptors (Lipinski definition) is 3. The maximum absolute atomic E-state index is 12.9. The predicted molar refractivity (Wildman–Crippen MR) is 127 cm³/mol. The fourth-order valence-corrected chi connectivity index (χ4v) is 3.73. The fraction of sp³-hybridized carbons (Fsp3) is 0.320. The first-order valence-electron chi connectivity index (χ1n) is 10.6. The van der Waals surface area contributed by atoms with Crippen molar-refractivity contribution in [3.8, 4) is 0 Å². The molecule has 0 aliphatic carbocycles. The van der Waals surface area contributed by atoms with E-state index in [0.717, 1.165) is 45.9 Å². The minimum Gasteiger partial charge on any atom is -0.326 e. The molecule has 1 amide bonds. The second kappa shape index (κ2) is 9.60. The van der Waals surface area contributed by atoms with Gasteiger partial charge in [-0.15, -0.1) is 0 Å². The normalized spacial score (nSPS) is 11.5. The lowest BCUT2D eigenvalue weighted by atomic mass is 10.1. The van der Waals surface area contributed by atoms with Crippen molar-refractivity contribution in [1.82, 2.24) is 15.1 Å². The second-order valence-electron chi connectivity index (χ2n) is 7.90. The summed E-state index contributed by atoms with van der Waals surface area (Å²) in [6.07, 6.45) is 0. The van der Waals surface area contributed by atoms with E-state index in [1.54, 1.807) is 0 Å². The average Bonchev–Trinajstić information content (AvgIpc) is 2.98. The number of benzene rings is 2. The molecule has 0 aliphatic rings. The number of hydrogen-bond donors (Lipinski definition) is 2. The van der Waals surface area contributed by atoms with Crippen LogP contribution < -0.4 is 10.6 Å². The molecule has 1 heterocycles. The van der Waals surface area contributed by atoms with E-state index >= 15 is 0 Å². The number of carbonyl (C=O) groups excluding carboxylic acids is 1. The topological polar surface area (TPSA) is 71.3 Å². The predicted octanol–water partition coefficient (Wildman–Crippen LogP) is 4.84. The Balaban J connectivity index is 1.91. The van der Waals surface area contributed by atoms with Gasteiger partial charge in [0.05, 0.1) is 12.2 Å². The Kier molecular flexibility index (Phi) is 6.90. The largest absolute Gasteiger partial charge is 0.326 e. The number of anilines is 1. The number of aromatic nitrogens is 2. The molecule has 0 spiro atoms. The number of aliphatic imine (C=N–C) groups is 1. The zero-order valence-corrected chi connectivity index (χ0v) is 19.2. The van der Waals surface area contributed by atoms with Crippen molar-refractivity contribution in [2.75, 3.05) is 5.32 Å². The summed E-state index contributed by atoms with van der Waals surface area (Å²) in [6, 6.07) is 13.7. The highest BCUT2D eigenvalue weighted by molar-refractivity contribution is 6.10. The van der Waals surface area contributed by atoms with Crippen LogP contribution in [0.3, 0.4) is 0 Å². The molecular weight excluding hydrogens is 386 g/mol. The highest BCUT2D eigenvalue weighted by atomic mass is 16.1. The number of amides is 1. The zero-order valence-electron chi connectivity index (χ0n) is 19.2. The Bertz CT molecular complexity index is 1110. The SMILES string of the molecule is CCn1nc(C)c(CN=C(NC(=O)c2ccccc2C)Nc2cc(C)cc(C)c2)c1C. The standard InChI is InChI=1S/C25H31N5O/c1-7-30-20(6)23(19(5)29-30)15-26-25(27-21-13-16(2)12-17(3)14-21)28-24(31)22-11-9-8-10-18(22)4/h8-14H,7,15H2,1-6H3,(H2,26,27,28,31).